The third-order valence-corrected chi connectivity index (χ3v) is 3.67. The van der Waals surface area contributed by atoms with Crippen molar-refractivity contribution < 1.29 is 9.84 Å². The highest BCUT2D eigenvalue weighted by atomic mass is 32.1. The van der Waals surface area contributed by atoms with Gasteiger partial charge >= 0.3 is 0 Å². The van der Waals surface area contributed by atoms with Gasteiger partial charge in [-0.3, -0.25) is 4.90 Å². The van der Waals surface area contributed by atoms with Gasteiger partial charge in [0.2, 0.25) is 0 Å². The zero-order valence-electron chi connectivity index (χ0n) is 11.1. The van der Waals surface area contributed by atoms with Crippen LogP contribution in [0.15, 0.2) is 24.3 Å². The topological polar surface area (TPSA) is 58.7 Å². The maximum atomic E-state index is 9.19. The van der Waals surface area contributed by atoms with E-state index >= 15 is 0 Å². The number of thiocarbonyl (C=S) groups is 1. The molecule has 4 nitrogen and oxygen atoms in total. The maximum absolute atomic E-state index is 9.19. The predicted molar refractivity (Wildman–Crippen MR) is 79.0 cm³/mol. The molecule has 1 aromatic carbocycles. The number of aliphatic hydroxyl groups excluding tert-OH is 1. The Morgan fingerprint density at radius 1 is 1.58 bits per heavy atom. The molecule has 0 aromatic heterocycles. The molecule has 0 saturated carbocycles. The molecule has 1 saturated heterocycles. The van der Waals surface area contributed by atoms with Crippen molar-refractivity contribution in [2.24, 2.45) is 5.73 Å². The predicted octanol–water partition coefficient (Wildman–Crippen LogP) is 0.902. The largest absolute Gasteiger partial charge is 0.394 e. The SMILES string of the molecule is CC1COC(CO)CN1Cc1cccc(C(N)=S)c1. The molecule has 0 spiro atoms. The van der Waals surface area contributed by atoms with Crippen molar-refractivity contribution in [1.82, 2.24) is 4.90 Å². The number of nitrogens with zero attached hydrogens (tertiary/aromatic N) is 1. The first-order valence-corrected chi connectivity index (χ1v) is 6.86. The molecule has 3 N–H and O–H groups in total. The fraction of sp³-hybridized carbons (Fsp3) is 0.500. The molecular formula is C14H20N2O2S. The second kappa shape index (κ2) is 6.43. The number of ether oxygens (including phenoxy) is 1. The molecule has 0 radical (unpaired) electrons. The van der Waals surface area contributed by atoms with Gasteiger partial charge in [0, 0.05) is 24.7 Å². The average Bonchev–Trinajstić information content (AvgIpc) is 2.41. The highest BCUT2D eigenvalue weighted by Crippen LogP contribution is 2.16. The van der Waals surface area contributed by atoms with E-state index in [9.17, 15) is 5.11 Å². The zero-order chi connectivity index (χ0) is 13.8. The molecule has 5 heteroatoms. The van der Waals surface area contributed by atoms with Crippen molar-refractivity contribution in [2.45, 2.75) is 25.6 Å². The van der Waals surface area contributed by atoms with Crippen molar-refractivity contribution in [3.05, 3.63) is 35.4 Å². The number of hydrogen-bond acceptors (Lipinski definition) is 4. The lowest BCUT2D eigenvalue weighted by atomic mass is 10.1. The van der Waals surface area contributed by atoms with Crippen LogP contribution in [0.3, 0.4) is 0 Å². The molecular weight excluding hydrogens is 260 g/mol. The smallest absolute Gasteiger partial charge is 0.103 e. The van der Waals surface area contributed by atoms with Crippen LogP contribution in [0.4, 0.5) is 0 Å². The van der Waals surface area contributed by atoms with Crippen molar-refractivity contribution in [3.63, 3.8) is 0 Å². The van der Waals surface area contributed by atoms with Crippen molar-refractivity contribution in [2.75, 3.05) is 19.8 Å². The van der Waals surface area contributed by atoms with Gasteiger partial charge in [0.05, 0.1) is 19.3 Å². The summed E-state index contributed by atoms with van der Waals surface area (Å²) in [5.41, 5.74) is 7.72. The summed E-state index contributed by atoms with van der Waals surface area (Å²) in [6.45, 7) is 4.41. The van der Waals surface area contributed by atoms with Gasteiger partial charge in [-0.15, -0.1) is 0 Å². The Hall–Kier alpha value is -1.01. The van der Waals surface area contributed by atoms with E-state index < -0.39 is 0 Å². The van der Waals surface area contributed by atoms with Crippen LogP contribution in [-0.2, 0) is 11.3 Å². The van der Waals surface area contributed by atoms with Crippen molar-refractivity contribution in [1.29, 1.82) is 0 Å². The van der Waals surface area contributed by atoms with Crippen LogP contribution in [0.1, 0.15) is 18.1 Å². The number of aliphatic hydroxyl groups is 1. The van der Waals surface area contributed by atoms with E-state index in [2.05, 4.69) is 17.9 Å². The fourth-order valence-corrected chi connectivity index (χ4v) is 2.39. The Labute approximate surface area is 119 Å². The van der Waals surface area contributed by atoms with Crippen LogP contribution in [0.25, 0.3) is 0 Å². The quantitative estimate of drug-likeness (QED) is 0.803. The number of benzene rings is 1. The summed E-state index contributed by atoms with van der Waals surface area (Å²) in [5, 5.41) is 9.19. The molecule has 1 aliphatic rings. The lowest BCUT2D eigenvalue weighted by Gasteiger charge is -2.37. The number of nitrogens with two attached hydrogens (primary N) is 1. The Morgan fingerprint density at radius 2 is 2.37 bits per heavy atom. The fourth-order valence-electron chi connectivity index (χ4n) is 2.26. The van der Waals surface area contributed by atoms with E-state index in [0.29, 0.717) is 17.6 Å². The number of morpholine rings is 1. The second-order valence-corrected chi connectivity index (χ2v) is 5.42. The number of rotatable bonds is 4. The molecule has 0 amide bonds. The summed E-state index contributed by atoms with van der Waals surface area (Å²) in [6.07, 6.45) is -0.0880. The van der Waals surface area contributed by atoms with Crippen LogP contribution < -0.4 is 5.73 Å². The molecule has 1 heterocycles. The molecule has 0 aliphatic carbocycles. The number of hydrogen-bond donors (Lipinski definition) is 2. The summed E-state index contributed by atoms with van der Waals surface area (Å²) < 4.78 is 5.54. The van der Waals surface area contributed by atoms with Crippen LogP contribution in [0.5, 0.6) is 0 Å². The minimum absolute atomic E-state index is 0.0656. The first-order valence-electron chi connectivity index (χ1n) is 6.45. The third kappa shape index (κ3) is 3.73. The van der Waals surface area contributed by atoms with E-state index in [1.807, 2.05) is 18.2 Å². The van der Waals surface area contributed by atoms with Gasteiger partial charge < -0.3 is 15.6 Å². The van der Waals surface area contributed by atoms with Gasteiger partial charge in [-0.2, -0.15) is 0 Å². The Kier molecular flexibility index (Phi) is 4.87. The Bertz CT molecular complexity index is 453. The summed E-state index contributed by atoms with van der Waals surface area (Å²) in [6, 6.07) is 8.33. The summed E-state index contributed by atoms with van der Waals surface area (Å²) in [5.74, 6) is 0. The van der Waals surface area contributed by atoms with E-state index in [0.717, 1.165) is 18.7 Å². The van der Waals surface area contributed by atoms with Gasteiger partial charge in [0.25, 0.3) is 0 Å². The first kappa shape index (κ1) is 14.4. The third-order valence-electron chi connectivity index (χ3n) is 3.44. The lowest BCUT2D eigenvalue weighted by molar-refractivity contribution is -0.0805. The van der Waals surface area contributed by atoms with E-state index in [-0.39, 0.29) is 12.7 Å². The molecule has 0 bridgehead atoms. The minimum Gasteiger partial charge on any atom is -0.394 e. The van der Waals surface area contributed by atoms with E-state index in [1.165, 1.54) is 5.56 Å². The molecule has 1 aliphatic heterocycles. The standard InChI is InChI=1S/C14H20N2O2S/c1-10-9-18-13(8-17)7-16(10)6-11-3-2-4-12(5-11)14(15)19/h2-5,10,13,17H,6-9H2,1H3,(H2,15,19). The van der Waals surface area contributed by atoms with Gasteiger partial charge in [-0.05, 0) is 18.6 Å². The molecule has 2 atom stereocenters. The molecule has 19 heavy (non-hydrogen) atoms. The van der Waals surface area contributed by atoms with Crippen molar-refractivity contribution >= 4 is 17.2 Å². The summed E-state index contributed by atoms with van der Waals surface area (Å²) in [4.78, 5) is 2.73. The second-order valence-electron chi connectivity index (χ2n) is 4.98. The zero-order valence-corrected chi connectivity index (χ0v) is 11.9. The first-order chi connectivity index (χ1) is 9.10. The average molecular weight is 280 g/mol. The molecule has 2 unspecified atom stereocenters. The summed E-state index contributed by atoms with van der Waals surface area (Å²) >= 11 is 5.00. The molecule has 1 fully saturated rings. The maximum Gasteiger partial charge on any atom is 0.103 e. The Morgan fingerprint density at radius 3 is 3.05 bits per heavy atom. The van der Waals surface area contributed by atoms with Crippen molar-refractivity contribution in [3.8, 4) is 0 Å². The van der Waals surface area contributed by atoms with Crippen LogP contribution in [-0.4, -0.2) is 46.9 Å². The highest BCUT2D eigenvalue weighted by molar-refractivity contribution is 7.80. The van der Waals surface area contributed by atoms with E-state index in [4.69, 9.17) is 22.7 Å². The Balaban J connectivity index is 2.06. The van der Waals surface area contributed by atoms with Crippen LogP contribution in [0.2, 0.25) is 0 Å². The van der Waals surface area contributed by atoms with Gasteiger partial charge in [-0.25, -0.2) is 0 Å². The van der Waals surface area contributed by atoms with Crippen LogP contribution >= 0.6 is 12.2 Å². The van der Waals surface area contributed by atoms with Gasteiger partial charge in [0.15, 0.2) is 0 Å². The molecule has 2 rings (SSSR count). The molecule has 104 valence electrons. The monoisotopic (exact) mass is 280 g/mol. The summed E-state index contributed by atoms with van der Waals surface area (Å²) in [7, 11) is 0. The van der Waals surface area contributed by atoms with Gasteiger partial charge in [0.1, 0.15) is 4.99 Å². The normalized spacial score (nSPS) is 24.3. The van der Waals surface area contributed by atoms with Gasteiger partial charge in [-0.1, -0.05) is 30.4 Å². The highest BCUT2D eigenvalue weighted by Gasteiger charge is 2.25. The molecule has 1 aromatic rings. The minimum atomic E-state index is -0.0880. The van der Waals surface area contributed by atoms with Crippen LogP contribution in [0, 0.1) is 0 Å². The van der Waals surface area contributed by atoms with E-state index in [1.54, 1.807) is 0 Å². The lowest BCUT2D eigenvalue weighted by Crippen LogP contribution is -2.48.